The summed E-state index contributed by atoms with van der Waals surface area (Å²) >= 11 is 0. The van der Waals surface area contributed by atoms with Crippen LogP contribution in [0, 0.1) is 0 Å². The zero-order valence-electron chi connectivity index (χ0n) is 11.2. The lowest BCUT2D eigenvalue weighted by Crippen LogP contribution is -2.26. The van der Waals surface area contributed by atoms with Crippen LogP contribution in [0.1, 0.15) is 22.8 Å². The SMILES string of the molecule is CCNc1ccccc1C(=O)N(C)Cc1cn[nH]c1. The van der Waals surface area contributed by atoms with Gasteiger partial charge in [-0.05, 0) is 19.1 Å². The Bertz CT molecular complexity index is 536. The molecule has 1 aromatic carbocycles. The number of H-pyrrole nitrogens is 1. The summed E-state index contributed by atoms with van der Waals surface area (Å²) in [7, 11) is 1.79. The van der Waals surface area contributed by atoms with Gasteiger partial charge in [0.05, 0.1) is 11.8 Å². The van der Waals surface area contributed by atoms with Gasteiger partial charge < -0.3 is 10.2 Å². The monoisotopic (exact) mass is 258 g/mol. The number of carbonyl (C=O) groups excluding carboxylic acids is 1. The molecule has 0 aliphatic heterocycles. The van der Waals surface area contributed by atoms with Gasteiger partial charge in [0, 0.05) is 37.6 Å². The van der Waals surface area contributed by atoms with E-state index in [4.69, 9.17) is 0 Å². The van der Waals surface area contributed by atoms with Gasteiger partial charge in [0.2, 0.25) is 0 Å². The molecule has 2 rings (SSSR count). The summed E-state index contributed by atoms with van der Waals surface area (Å²) in [5.74, 6) is -0.00208. The van der Waals surface area contributed by atoms with Gasteiger partial charge in [-0.3, -0.25) is 9.89 Å². The van der Waals surface area contributed by atoms with Crippen molar-refractivity contribution in [2.45, 2.75) is 13.5 Å². The Morgan fingerprint density at radius 2 is 2.21 bits per heavy atom. The molecule has 0 bridgehead atoms. The molecule has 2 N–H and O–H groups in total. The number of para-hydroxylation sites is 1. The fourth-order valence-electron chi connectivity index (χ4n) is 1.93. The van der Waals surface area contributed by atoms with Crippen molar-refractivity contribution in [2.24, 2.45) is 0 Å². The first-order valence-electron chi connectivity index (χ1n) is 6.28. The number of aromatic amines is 1. The Kier molecular flexibility index (Phi) is 4.18. The number of hydrogen-bond donors (Lipinski definition) is 2. The highest BCUT2D eigenvalue weighted by atomic mass is 16.2. The van der Waals surface area contributed by atoms with Crippen molar-refractivity contribution in [3.05, 3.63) is 47.8 Å². The van der Waals surface area contributed by atoms with Gasteiger partial charge in [-0.1, -0.05) is 12.1 Å². The zero-order chi connectivity index (χ0) is 13.7. The van der Waals surface area contributed by atoms with Gasteiger partial charge >= 0.3 is 0 Å². The predicted molar refractivity (Wildman–Crippen MR) is 75.0 cm³/mol. The number of nitrogens with zero attached hydrogens (tertiary/aromatic N) is 2. The molecule has 5 nitrogen and oxygen atoms in total. The van der Waals surface area contributed by atoms with E-state index in [0.29, 0.717) is 12.1 Å². The number of carbonyl (C=O) groups is 1. The van der Waals surface area contributed by atoms with Crippen LogP contribution in [0.15, 0.2) is 36.7 Å². The molecule has 0 radical (unpaired) electrons. The van der Waals surface area contributed by atoms with E-state index in [1.807, 2.05) is 31.2 Å². The molecular formula is C14H18N4O. The Balaban J connectivity index is 2.14. The van der Waals surface area contributed by atoms with Gasteiger partial charge in [-0.2, -0.15) is 5.10 Å². The number of rotatable bonds is 5. The van der Waals surface area contributed by atoms with E-state index in [1.54, 1.807) is 24.3 Å². The molecule has 0 atom stereocenters. The zero-order valence-corrected chi connectivity index (χ0v) is 11.2. The van der Waals surface area contributed by atoms with E-state index in [2.05, 4.69) is 15.5 Å². The molecule has 0 saturated heterocycles. The van der Waals surface area contributed by atoms with E-state index in [9.17, 15) is 4.79 Å². The summed E-state index contributed by atoms with van der Waals surface area (Å²) in [6.07, 6.45) is 3.51. The summed E-state index contributed by atoms with van der Waals surface area (Å²) in [5.41, 5.74) is 2.54. The quantitative estimate of drug-likeness (QED) is 0.863. The standard InChI is InChI=1S/C14H18N4O/c1-3-15-13-7-5-4-6-12(13)14(19)18(2)10-11-8-16-17-9-11/h4-9,15H,3,10H2,1-2H3,(H,16,17). The van der Waals surface area contributed by atoms with E-state index in [1.165, 1.54) is 0 Å². The van der Waals surface area contributed by atoms with Crippen LogP contribution in [-0.4, -0.2) is 34.6 Å². The lowest BCUT2D eigenvalue weighted by atomic mass is 10.1. The van der Waals surface area contributed by atoms with Gasteiger partial charge in [0.25, 0.3) is 5.91 Å². The van der Waals surface area contributed by atoms with Crippen molar-refractivity contribution in [2.75, 3.05) is 18.9 Å². The molecule has 2 aromatic rings. The van der Waals surface area contributed by atoms with Crippen LogP contribution in [0.4, 0.5) is 5.69 Å². The molecule has 100 valence electrons. The smallest absolute Gasteiger partial charge is 0.255 e. The average molecular weight is 258 g/mol. The van der Waals surface area contributed by atoms with Crippen molar-refractivity contribution in [3.63, 3.8) is 0 Å². The van der Waals surface area contributed by atoms with E-state index in [-0.39, 0.29) is 5.91 Å². The first-order valence-corrected chi connectivity index (χ1v) is 6.28. The maximum Gasteiger partial charge on any atom is 0.255 e. The molecule has 0 aliphatic carbocycles. The highest BCUT2D eigenvalue weighted by Gasteiger charge is 2.15. The molecule has 0 saturated carbocycles. The second-order valence-corrected chi connectivity index (χ2v) is 4.34. The third kappa shape index (κ3) is 3.13. The number of aromatic nitrogens is 2. The lowest BCUT2D eigenvalue weighted by Gasteiger charge is -2.18. The molecule has 1 amide bonds. The lowest BCUT2D eigenvalue weighted by molar-refractivity contribution is 0.0786. The first kappa shape index (κ1) is 13.1. The van der Waals surface area contributed by atoms with Crippen molar-refractivity contribution < 1.29 is 4.79 Å². The van der Waals surface area contributed by atoms with Gasteiger partial charge in [0.1, 0.15) is 0 Å². The summed E-state index contributed by atoms with van der Waals surface area (Å²) in [4.78, 5) is 14.1. The molecule has 1 heterocycles. The van der Waals surface area contributed by atoms with E-state index < -0.39 is 0 Å². The number of nitrogens with one attached hydrogen (secondary N) is 2. The molecule has 0 spiro atoms. The van der Waals surface area contributed by atoms with Gasteiger partial charge in [-0.15, -0.1) is 0 Å². The topological polar surface area (TPSA) is 61.0 Å². The Labute approximate surface area is 112 Å². The van der Waals surface area contributed by atoms with Crippen molar-refractivity contribution in [3.8, 4) is 0 Å². The molecule has 19 heavy (non-hydrogen) atoms. The molecule has 1 aromatic heterocycles. The maximum atomic E-state index is 12.4. The summed E-state index contributed by atoms with van der Waals surface area (Å²) in [6, 6.07) is 7.55. The van der Waals surface area contributed by atoms with Crippen LogP contribution in [0.5, 0.6) is 0 Å². The Morgan fingerprint density at radius 3 is 2.89 bits per heavy atom. The highest BCUT2D eigenvalue weighted by Crippen LogP contribution is 2.17. The summed E-state index contributed by atoms with van der Waals surface area (Å²) in [6.45, 7) is 3.34. The van der Waals surface area contributed by atoms with Crippen LogP contribution in [-0.2, 0) is 6.54 Å². The first-order chi connectivity index (χ1) is 9.22. The average Bonchev–Trinajstić information content (AvgIpc) is 2.92. The van der Waals surface area contributed by atoms with E-state index >= 15 is 0 Å². The van der Waals surface area contributed by atoms with Crippen LogP contribution in [0.25, 0.3) is 0 Å². The van der Waals surface area contributed by atoms with Gasteiger partial charge in [0.15, 0.2) is 0 Å². The minimum atomic E-state index is -0.00208. The number of anilines is 1. The summed E-state index contributed by atoms with van der Waals surface area (Å²) in [5, 5.41) is 9.83. The van der Waals surface area contributed by atoms with Crippen LogP contribution in [0.3, 0.4) is 0 Å². The Hall–Kier alpha value is -2.30. The molecule has 0 unspecified atom stereocenters. The fourth-order valence-corrected chi connectivity index (χ4v) is 1.93. The second kappa shape index (κ2) is 6.04. The predicted octanol–water partition coefficient (Wildman–Crippen LogP) is 2.11. The maximum absolute atomic E-state index is 12.4. The number of amides is 1. The minimum absolute atomic E-state index is 0.00208. The number of hydrogen-bond acceptors (Lipinski definition) is 3. The van der Waals surface area contributed by atoms with Crippen LogP contribution >= 0.6 is 0 Å². The third-order valence-corrected chi connectivity index (χ3v) is 2.85. The molecule has 5 heteroatoms. The molecule has 0 fully saturated rings. The van der Waals surface area contributed by atoms with Crippen molar-refractivity contribution >= 4 is 11.6 Å². The van der Waals surface area contributed by atoms with Gasteiger partial charge in [-0.25, -0.2) is 0 Å². The second-order valence-electron chi connectivity index (χ2n) is 4.34. The van der Waals surface area contributed by atoms with E-state index in [0.717, 1.165) is 17.8 Å². The Morgan fingerprint density at radius 1 is 1.42 bits per heavy atom. The van der Waals surface area contributed by atoms with Crippen molar-refractivity contribution in [1.29, 1.82) is 0 Å². The number of benzene rings is 1. The fraction of sp³-hybridized carbons (Fsp3) is 0.286. The van der Waals surface area contributed by atoms with Crippen LogP contribution < -0.4 is 5.32 Å². The largest absolute Gasteiger partial charge is 0.385 e. The highest BCUT2D eigenvalue weighted by molar-refractivity contribution is 5.99. The minimum Gasteiger partial charge on any atom is -0.385 e. The normalized spacial score (nSPS) is 10.2. The van der Waals surface area contributed by atoms with Crippen LogP contribution in [0.2, 0.25) is 0 Å². The van der Waals surface area contributed by atoms with Crippen molar-refractivity contribution in [1.82, 2.24) is 15.1 Å². The molecule has 0 aliphatic rings. The summed E-state index contributed by atoms with van der Waals surface area (Å²) < 4.78 is 0. The third-order valence-electron chi connectivity index (χ3n) is 2.85. The molecular weight excluding hydrogens is 240 g/mol.